The molecular formula is C17H21F2NO3. The van der Waals surface area contributed by atoms with E-state index in [1.807, 2.05) is 0 Å². The summed E-state index contributed by atoms with van der Waals surface area (Å²) in [5.41, 5.74) is 0.334. The number of rotatable bonds is 5. The Labute approximate surface area is 134 Å². The van der Waals surface area contributed by atoms with Crippen LogP contribution in [0.3, 0.4) is 0 Å². The van der Waals surface area contributed by atoms with E-state index < -0.39 is 17.6 Å². The van der Waals surface area contributed by atoms with Crippen molar-refractivity contribution in [2.24, 2.45) is 5.92 Å². The Bertz CT molecular complexity index is 583. The van der Waals surface area contributed by atoms with Crippen molar-refractivity contribution in [3.05, 3.63) is 35.4 Å². The Kier molecular flexibility index (Phi) is 5.69. The maximum Gasteiger partial charge on any atom is 0.303 e. The molecule has 0 bridgehead atoms. The SMILES string of the molecule is CC(CC(=O)N1CCC(CC(=O)O)CC1)c1ccc(F)cc1F. The minimum atomic E-state index is -0.810. The Morgan fingerprint density at radius 1 is 1.30 bits per heavy atom. The van der Waals surface area contributed by atoms with Gasteiger partial charge in [-0.25, -0.2) is 8.78 Å². The second kappa shape index (κ2) is 7.53. The van der Waals surface area contributed by atoms with Crippen LogP contribution in [0.2, 0.25) is 0 Å². The lowest BCUT2D eigenvalue weighted by molar-refractivity contribution is -0.138. The number of hydrogen-bond acceptors (Lipinski definition) is 2. The van der Waals surface area contributed by atoms with Crippen LogP contribution in [-0.2, 0) is 9.59 Å². The fourth-order valence-electron chi connectivity index (χ4n) is 3.04. The lowest BCUT2D eigenvalue weighted by atomic mass is 9.92. The van der Waals surface area contributed by atoms with Crippen molar-refractivity contribution in [3.8, 4) is 0 Å². The van der Waals surface area contributed by atoms with Gasteiger partial charge in [0.1, 0.15) is 11.6 Å². The fourth-order valence-corrected chi connectivity index (χ4v) is 3.04. The maximum absolute atomic E-state index is 13.7. The first kappa shape index (κ1) is 17.4. The van der Waals surface area contributed by atoms with Crippen molar-refractivity contribution in [1.29, 1.82) is 0 Å². The van der Waals surface area contributed by atoms with Crippen LogP contribution in [0, 0.1) is 17.6 Å². The summed E-state index contributed by atoms with van der Waals surface area (Å²) in [7, 11) is 0. The van der Waals surface area contributed by atoms with Gasteiger partial charge in [0.05, 0.1) is 0 Å². The molecule has 126 valence electrons. The zero-order valence-electron chi connectivity index (χ0n) is 13.1. The summed E-state index contributed by atoms with van der Waals surface area (Å²) < 4.78 is 26.7. The standard InChI is InChI=1S/C17H21F2NO3/c1-11(14-3-2-13(18)10-15(14)19)8-16(21)20-6-4-12(5-7-20)9-17(22)23/h2-3,10-12H,4-9H2,1H3,(H,22,23). The second-order valence-electron chi connectivity index (χ2n) is 6.19. The number of carbonyl (C=O) groups is 2. The molecular weight excluding hydrogens is 304 g/mol. The van der Waals surface area contributed by atoms with Crippen LogP contribution in [0.5, 0.6) is 0 Å². The molecule has 1 amide bonds. The molecule has 1 unspecified atom stereocenters. The molecule has 1 saturated heterocycles. The van der Waals surface area contributed by atoms with Crippen LogP contribution in [0.25, 0.3) is 0 Å². The van der Waals surface area contributed by atoms with E-state index in [4.69, 9.17) is 5.11 Å². The van der Waals surface area contributed by atoms with Crippen LogP contribution in [0.4, 0.5) is 8.78 Å². The first-order valence-electron chi connectivity index (χ1n) is 7.81. The molecule has 23 heavy (non-hydrogen) atoms. The molecule has 1 aromatic rings. The average molecular weight is 325 g/mol. The molecule has 1 N–H and O–H groups in total. The first-order valence-corrected chi connectivity index (χ1v) is 7.81. The average Bonchev–Trinajstić information content (AvgIpc) is 2.47. The van der Waals surface area contributed by atoms with Gasteiger partial charge in [-0.05, 0) is 36.3 Å². The molecule has 0 radical (unpaired) electrons. The minimum absolute atomic E-state index is 0.0741. The molecule has 2 rings (SSSR count). The molecule has 0 saturated carbocycles. The van der Waals surface area contributed by atoms with Gasteiger partial charge >= 0.3 is 5.97 Å². The topological polar surface area (TPSA) is 57.6 Å². The Balaban J connectivity index is 1.88. The number of benzene rings is 1. The number of carbonyl (C=O) groups excluding carboxylic acids is 1. The van der Waals surface area contributed by atoms with Gasteiger partial charge in [0.15, 0.2) is 0 Å². The zero-order valence-corrected chi connectivity index (χ0v) is 13.1. The molecule has 6 heteroatoms. The summed E-state index contributed by atoms with van der Waals surface area (Å²) in [6.07, 6.45) is 1.65. The summed E-state index contributed by atoms with van der Waals surface area (Å²) in [6, 6.07) is 3.40. The van der Waals surface area contributed by atoms with Crippen molar-refractivity contribution in [1.82, 2.24) is 4.90 Å². The molecule has 0 aromatic heterocycles. The largest absolute Gasteiger partial charge is 0.481 e. The van der Waals surface area contributed by atoms with Gasteiger partial charge in [-0.3, -0.25) is 9.59 Å². The second-order valence-corrected chi connectivity index (χ2v) is 6.19. The third-order valence-electron chi connectivity index (χ3n) is 4.40. The van der Waals surface area contributed by atoms with E-state index in [9.17, 15) is 18.4 Å². The predicted molar refractivity (Wildman–Crippen MR) is 80.9 cm³/mol. The van der Waals surface area contributed by atoms with E-state index >= 15 is 0 Å². The summed E-state index contributed by atoms with van der Waals surface area (Å²) in [4.78, 5) is 24.7. The molecule has 0 aliphatic carbocycles. The molecule has 1 aliphatic rings. The highest BCUT2D eigenvalue weighted by molar-refractivity contribution is 5.77. The Morgan fingerprint density at radius 2 is 1.96 bits per heavy atom. The number of hydrogen-bond donors (Lipinski definition) is 1. The number of nitrogens with zero attached hydrogens (tertiary/aromatic N) is 1. The van der Waals surface area contributed by atoms with Gasteiger partial charge in [-0.15, -0.1) is 0 Å². The van der Waals surface area contributed by atoms with Crippen LogP contribution in [0.1, 0.15) is 44.1 Å². The lowest BCUT2D eigenvalue weighted by Gasteiger charge is -2.32. The molecule has 0 spiro atoms. The molecule has 4 nitrogen and oxygen atoms in total. The van der Waals surface area contributed by atoms with Crippen molar-refractivity contribution in [3.63, 3.8) is 0 Å². The lowest BCUT2D eigenvalue weighted by Crippen LogP contribution is -2.39. The van der Waals surface area contributed by atoms with Crippen molar-refractivity contribution in [2.45, 2.75) is 38.5 Å². The number of amides is 1. The monoisotopic (exact) mass is 325 g/mol. The van der Waals surface area contributed by atoms with E-state index in [2.05, 4.69) is 0 Å². The zero-order chi connectivity index (χ0) is 17.0. The van der Waals surface area contributed by atoms with Gasteiger partial charge < -0.3 is 10.0 Å². The molecule has 1 aromatic carbocycles. The highest BCUT2D eigenvalue weighted by Gasteiger charge is 2.25. The smallest absolute Gasteiger partial charge is 0.303 e. The summed E-state index contributed by atoms with van der Waals surface area (Å²) in [6.45, 7) is 2.82. The summed E-state index contributed by atoms with van der Waals surface area (Å²) in [5, 5.41) is 8.79. The predicted octanol–water partition coefficient (Wildman–Crippen LogP) is 3.17. The minimum Gasteiger partial charge on any atom is -0.481 e. The van der Waals surface area contributed by atoms with E-state index in [0.29, 0.717) is 31.5 Å². The Morgan fingerprint density at radius 3 is 2.52 bits per heavy atom. The summed E-state index contributed by atoms with van der Waals surface area (Å²) in [5.74, 6) is -2.37. The Hall–Kier alpha value is -1.98. The van der Waals surface area contributed by atoms with Gasteiger partial charge in [-0.2, -0.15) is 0 Å². The van der Waals surface area contributed by atoms with E-state index in [1.165, 1.54) is 12.1 Å². The van der Waals surface area contributed by atoms with Crippen LogP contribution < -0.4 is 0 Å². The number of carboxylic acid groups (broad SMARTS) is 1. The highest BCUT2D eigenvalue weighted by Crippen LogP contribution is 2.26. The van der Waals surface area contributed by atoms with Crippen LogP contribution in [0.15, 0.2) is 18.2 Å². The highest BCUT2D eigenvalue weighted by atomic mass is 19.1. The van der Waals surface area contributed by atoms with Crippen molar-refractivity contribution >= 4 is 11.9 Å². The van der Waals surface area contributed by atoms with E-state index in [-0.39, 0.29) is 30.6 Å². The van der Waals surface area contributed by atoms with Gasteiger partial charge in [0, 0.05) is 32.0 Å². The molecule has 1 fully saturated rings. The van der Waals surface area contributed by atoms with Crippen LogP contribution in [-0.4, -0.2) is 35.0 Å². The van der Waals surface area contributed by atoms with E-state index in [0.717, 1.165) is 6.07 Å². The van der Waals surface area contributed by atoms with Crippen molar-refractivity contribution < 1.29 is 23.5 Å². The maximum atomic E-state index is 13.7. The number of carboxylic acids is 1. The van der Waals surface area contributed by atoms with Gasteiger partial charge in [0.2, 0.25) is 5.91 Å². The summed E-state index contributed by atoms with van der Waals surface area (Å²) >= 11 is 0. The molecule has 1 heterocycles. The van der Waals surface area contributed by atoms with Gasteiger partial charge in [0.25, 0.3) is 0 Å². The number of piperidine rings is 1. The first-order chi connectivity index (χ1) is 10.9. The molecule has 1 atom stereocenters. The number of halogens is 2. The molecule has 1 aliphatic heterocycles. The van der Waals surface area contributed by atoms with E-state index in [1.54, 1.807) is 11.8 Å². The number of aliphatic carboxylic acids is 1. The van der Waals surface area contributed by atoms with Crippen LogP contribution >= 0.6 is 0 Å². The van der Waals surface area contributed by atoms with Crippen molar-refractivity contribution in [2.75, 3.05) is 13.1 Å². The normalized spacial score (nSPS) is 17.1. The number of likely N-dealkylation sites (tertiary alicyclic amines) is 1. The van der Waals surface area contributed by atoms with Gasteiger partial charge in [-0.1, -0.05) is 13.0 Å². The quantitative estimate of drug-likeness (QED) is 0.904. The fraction of sp³-hybridized carbons (Fsp3) is 0.529. The third kappa shape index (κ3) is 4.74. The third-order valence-corrected chi connectivity index (χ3v) is 4.40.